The Labute approximate surface area is 80.5 Å². The molecule has 0 spiro atoms. The number of hydrogen-bond donors (Lipinski definition) is 2. The van der Waals surface area contributed by atoms with Gasteiger partial charge < -0.3 is 16.0 Å². The number of nitrogens with two attached hydrogens (primary N) is 1. The Kier molecular flexibility index (Phi) is 7.63. The summed E-state index contributed by atoms with van der Waals surface area (Å²) in [6.45, 7) is 8.12. The van der Waals surface area contributed by atoms with Gasteiger partial charge in [0.2, 0.25) is 5.91 Å². The molecule has 0 aliphatic rings. The van der Waals surface area contributed by atoms with Gasteiger partial charge in [-0.2, -0.15) is 0 Å². The fourth-order valence-electron chi connectivity index (χ4n) is 1.09. The van der Waals surface area contributed by atoms with Crippen LogP contribution in [0.2, 0.25) is 0 Å². The maximum Gasteiger partial charge on any atom is 0.219 e. The van der Waals surface area contributed by atoms with Gasteiger partial charge in [-0.15, -0.1) is 0 Å². The molecule has 0 aromatic heterocycles. The number of amides is 1. The van der Waals surface area contributed by atoms with Crippen molar-refractivity contribution in [2.24, 2.45) is 5.73 Å². The zero-order valence-corrected chi connectivity index (χ0v) is 8.68. The lowest BCUT2D eigenvalue weighted by Crippen LogP contribution is -2.37. The Bertz CT molecular complexity index is 139. The van der Waals surface area contributed by atoms with E-state index < -0.39 is 0 Å². The van der Waals surface area contributed by atoms with Gasteiger partial charge in [-0.25, -0.2) is 0 Å². The fraction of sp³-hybridized carbons (Fsp3) is 0.889. The molecule has 4 nitrogen and oxygen atoms in total. The van der Waals surface area contributed by atoms with Crippen LogP contribution in [-0.4, -0.2) is 43.5 Å². The molecule has 13 heavy (non-hydrogen) atoms. The number of nitrogens with zero attached hydrogens (tertiary/aromatic N) is 1. The molecule has 0 aliphatic carbocycles. The first-order chi connectivity index (χ1) is 6.24. The van der Waals surface area contributed by atoms with Gasteiger partial charge in [0.25, 0.3) is 0 Å². The summed E-state index contributed by atoms with van der Waals surface area (Å²) >= 11 is 0. The second-order valence-corrected chi connectivity index (χ2v) is 2.93. The van der Waals surface area contributed by atoms with Crippen molar-refractivity contribution in [1.29, 1.82) is 0 Å². The van der Waals surface area contributed by atoms with Crippen LogP contribution in [-0.2, 0) is 4.79 Å². The summed E-state index contributed by atoms with van der Waals surface area (Å²) in [4.78, 5) is 13.1. The predicted molar refractivity (Wildman–Crippen MR) is 54.5 cm³/mol. The van der Waals surface area contributed by atoms with Gasteiger partial charge >= 0.3 is 0 Å². The van der Waals surface area contributed by atoms with Gasteiger partial charge in [-0.1, -0.05) is 13.8 Å². The van der Waals surface area contributed by atoms with Crippen LogP contribution in [0.25, 0.3) is 0 Å². The van der Waals surface area contributed by atoms with Crippen LogP contribution in [0.15, 0.2) is 0 Å². The highest BCUT2D eigenvalue weighted by molar-refractivity contribution is 5.75. The van der Waals surface area contributed by atoms with Crippen molar-refractivity contribution < 1.29 is 4.79 Å². The summed E-state index contributed by atoms with van der Waals surface area (Å²) < 4.78 is 0. The van der Waals surface area contributed by atoms with Crippen molar-refractivity contribution in [3.05, 3.63) is 0 Å². The summed E-state index contributed by atoms with van der Waals surface area (Å²) in [6, 6.07) is 0. The SMILES string of the molecule is CCC(=O)NCCN(CC)CCN. The topological polar surface area (TPSA) is 58.4 Å². The third-order valence-electron chi connectivity index (χ3n) is 1.96. The van der Waals surface area contributed by atoms with Crippen LogP contribution in [0.4, 0.5) is 0 Å². The van der Waals surface area contributed by atoms with Crippen LogP contribution < -0.4 is 11.1 Å². The molecule has 0 radical (unpaired) electrons. The first-order valence-electron chi connectivity index (χ1n) is 4.93. The van der Waals surface area contributed by atoms with E-state index in [4.69, 9.17) is 5.73 Å². The maximum absolute atomic E-state index is 10.9. The Hall–Kier alpha value is -0.610. The first-order valence-corrected chi connectivity index (χ1v) is 4.93. The molecule has 78 valence electrons. The molecule has 0 saturated heterocycles. The molecular formula is C9H21N3O. The smallest absolute Gasteiger partial charge is 0.219 e. The highest BCUT2D eigenvalue weighted by Gasteiger charge is 2.01. The second kappa shape index (κ2) is 8.01. The highest BCUT2D eigenvalue weighted by atomic mass is 16.1. The lowest BCUT2D eigenvalue weighted by atomic mass is 10.4. The van der Waals surface area contributed by atoms with E-state index >= 15 is 0 Å². The van der Waals surface area contributed by atoms with Crippen molar-refractivity contribution in [1.82, 2.24) is 10.2 Å². The predicted octanol–water partition coefficient (Wildman–Crippen LogP) is -0.207. The second-order valence-electron chi connectivity index (χ2n) is 2.93. The average molecular weight is 187 g/mol. The third-order valence-corrected chi connectivity index (χ3v) is 1.96. The van der Waals surface area contributed by atoms with Gasteiger partial charge in [0.05, 0.1) is 0 Å². The molecule has 4 heteroatoms. The van der Waals surface area contributed by atoms with Crippen LogP contribution in [0.3, 0.4) is 0 Å². The minimum Gasteiger partial charge on any atom is -0.355 e. The van der Waals surface area contributed by atoms with Crippen molar-refractivity contribution in [3.8, 4) is 0 Å². The van der Waals surface area contributed by atoms with Crippen LogP contribution >= 0.6 is 0 Å². The molecule has 0 saturated carbocycles. The summed E-state index contributed by atoms with van der Waals surface area (Å²) in [5, 5.41) is 2.83. The Balaban J connectivity index is 3.42. The molecule has 0 heterocycles. The van der Waals surface area contributed by atoms with E-state index in [2.05, 4.69) is 17.1 Å². The van der Waals surface area contributed by atoms with Crippen LogP contribution in [0.1, 0.15) is 20.3 Å². The normalized spacial score (nSPS) is 10.5. The first kappa shape index (κ1) is 12.4. The van der Waals surface area contributed by atoms with Crippen LogP contribution in [0.5, 0.6) is 0 Å². The van der Waals surface area contributed by atoms with Gasteiger partial charge in [0.15, 0.2) is 0 Å². The number of hydrogen-bond acceptors (Lipinski definition) is 3. The summed E-state index contributed by atoms with van der Waals surface area (Å²) in [6.07, 6.45) is 0.559. The Morgan fingerprint density at radius 2 is 2.08 bits per heavy atom. The quantitative estimate of drug-likeness (QED) is 0.580. The molecular weight excluding hydrogens is 166 g/mol. The Morgan fingerprint density at radius 1 is 1.38 bits per heavy atom. The van der Waals surface area contributed by atoms with E-state index in [1.54, 1.807) is 0 Å². The molecule has 0 atom stereocenters. The lowest BCUT2D eigenvalue weighted by molar-refractivity contribution is -0.120. The molecule has 0 aromatic carbocycles. The maximum atomic E-state index is 10.9. The van der Waals surface area contributed by atoms with E-state index in [1.165, 1.54) is 0 Å². The number of rotatable bonds is 7. The van der Waals surface area contributed by atoms with Crippen molar-refractivity contribution in [2.45, 2.75) is 20.3 Å². The monoisotopic (exact) mass is 187 g/mol. The minimum absolute atomic E-state index is 0.115. The van der Waals surface area contributed by atoms with Gasteiger partial charge in [-0.3, -0.25) is 4.79 Å². The lowest BCUT2D eigenvalue weighted by Gasteiger charge is -2.19. The van der Waals surface area contributed by atoms with Gasteiger partial charge in [0.1, 0.15) is 0 Å². The van der Waals surface area contributed by atoms with Crippen molar-refractivity contribution in [2.75, 3.05) is 32.7 Å². The summed E-state index contributed by atoms with van der Waals surface area (Å²) in [5.41, 5.74) is 5.43. The van der Waals surface area contributed by atoms with Crippen molar-refractivity contribution in [3.63, 3.8) is 0 Å². The van der Waals surface area contributed by atoms with Gasteiger partial charge in [-0.05, 0) is 6.54 Å². The van der Waals surface area contributed by atoms with E-state index in [9.17, 15) is 4.79 Å². The van der Waals surface area contributed by atoms with Crippen LogP contribution in [0, 0.1) is 0 Å². The molecule has 0 fully saturated rings. The fourth-order valence-corrected chi connectivity index (χ4v) is 1.09. The molecule has 0 unspecified atom stereocenters. The molecule has 1 amide bonds. The molecule has 0 aromatic rings. The number of likely N-dealkylation sites (N-methyl/N-ethyl adjacent to an activating group) is 1. The summed E-state index contributed by atoms with van der Waals surface area (Å²) in [7, 11) is 0. The highest BCUT2D eigenvalue weighted by Crippen LogP contribution is 1.84. The van der Waals surface area contributed by atoms with Crippen molar-refractivity contribution >= 4 is 5.91 Å². The average Bonchev–Trinajstić information content (AvgIpc) is 2.16. The molecule has 0 rings (SSSR count). The minimum atomic E-state index is 0.115. The van der Waals surface area contributed by atoms with E-state index in [0.717, 1.165) is 26.2 Å². The van der Waals surface area contributed by atoms with E-state index in [1.807, 2.05) is 6.92 Å². The van der Waals surface area contributed by atoms with E-state index in [-0.39, 0.29) is 5.91 Å². The number of carbonyl (C=O) groups is 1. The molecule has 3 N–H and O–H groups in total. The van der Waals surface area contributed by atoms with Gasteiger partial charge in [0, 0.05) is 32.6 Å². The zero-order chi connectivity index (χ0) is 10.1. The number of carbonyl (C=O) groups excluding carboxylic acids is 1. The number of nitrogens with one attached hydrogen (secondary N) is 1. The zero-order valence-electron chi connectivity index (χ0n) is 8.68. The molecule has 0 aliphatic heterocycles. The Morgan fingerprint density at radius 3 is 2.54 bits per heavy atom. The summed E-state index contributed by atoms with van der Waals surface area (Å²) in [5.74, 6) is 0.115. The standard InChI is InChI=1S/C9H21N3O/c1-3-9(13)11-6-8-12(4-2)7-5-10/h3-8,10H2,1-2H3,(H,11,13). The van der Waals surface area contributed by atoms with E-state index in [0.29, 0.717) is 13.0 Å². The molecule has 0 bridgehead atoms. The largest absolute Gasteiger partial charge is 0.355 e. The third kappa shape index (κ3) is 6.54.